The molecule has 1 aliphatic carbocycles. The monoisotopic (exact) mass is 156 g/mol. The van der Waals surface area contributed by atoms with Crippen LogP contribution < -0.4 is 0 Å². The minimum Gasteiger partial charge on any atom is -0.396 e. The predicted molar refractivity (Wildman–Crippen MR) is 47.4 cm³/mol. The molecule has 0 aromatic rings. The van der Waals surface area contributed by atoms with Gasteiger partial charge in [-0.15, -0.1) is 0 Å². The van der Waals surface area contributed by atoms with Crippen molar-refractivity contribution >= 4 is 0 Å². The van der Waals surface area contributed by atoms with E-state index < -0.39 is 0 Å². The van der Waals surface area contributed by atoms with E-state index >= 15 is 0 Å². The SMILES string of the molecule is C[C@H]1CCC[C@H](CO)C1(C)C. The Labute approximate surface area is 69.8 Å². The fourth-order valence-corrected chi connectivity index (χ4v) is 2.14. The van der Waals surface area contributed by atoms with Crippen LogP contribution in [0.2, 0.25) is 0 Å². The molecule has 1 saturated carbocycles. The Morgan fingerprint density at radius 1 is 1.36 bits per heavy atom. The van der Waals surface area contributed by atoms with E-state index in [0.717, 1.165) is 5.92 Å². The molecule has 11 heavy (non-hydrogen) atoms. The van der Waals surface area contributed by atoms with Crippen LogP contribution in [0, 0.1) is 17.3 Å². The first-order valence-electron chi connectivity index (χ1n) is 4.70. The molecule has 0 radical (unpaired) electrons. The number of aliphatic hydroxyl groups is 1. The quantitative estimate of drug-likeness (QED) is 0.618. The van der Waals surface area contributed by atoms with Crippen molar-refractivity contribution in [3.05, 3.63) is 0 Å². The van der Waals surface area contributed by atoms with Crippen LogP contribution in [-0.2, 0) is 0 Å². The van der Waals surface area contributed by atoms with E-state index in [1.165, 1.54) is 19.3 Å². The Kier molecular flexibility index (Phi) is 2.58. The topological polar surface area (TPSA) is 20.2 Å². The molecule has 1 fully saturated rings. The van der Waals surface area contributed by atoms with Crippen LogP contribution in [0.4, 0.5) is 0 Å². The molecule has 66 valence electrons. The third kappa shape index (κ3) is 1.58. The fourth-order valence-electron chi connectivity index (χ4n) is 2.14. The molecular weight excluding hydrogens is 136 g/mol. The summed E-state index contributed by atoms with van der Waals surface area (Å²) < 4.78 is 0. The lowest BCUT2D eigenvalue weighted by Gasteiger charge is -2.43. The van der Waals surface area contributed by atoms with Crippen LogP contribution in [0.15, 0.2) is 0 Å². The Morgan fingerprint density at radius 3 is 2.45 bits per heavy atom. The van der Waals surface area contributed by atoms with Gasteiger partial charge in [0, 0.05) is 6.61 Å². The molecule has 0 aromatic carbocycles. The summed E-state index contributed by atoms with van der Waals surface area (Å²) in [4.78, 5) is 0. The second-order valence-electron chi connectivity index (χ2n) is 4.53. The van der Waals surface area contributed by atoms with E-state index in [9.17, 15) is 0 Å². The summed E-state index contributed by atoms with van der Waals surface area (Å²) in [5, 5.41) is 9.14. The number of hydrogen-bond acceptors (Lipinski definition) is 1. The zero-order chi connectivity index (χ0) is 8.48. The molecule has 0 unspecified atom stereocenters. The van der Waals surface area contributed by atoms with Crippen LogP contribution >= 0.6 is 0 Å². The highest BCUT2D eigenvalue weighted by atomic mass is 16.3. The van der Waals surface area contributed by atoms with Crippen molar-refractivity contribution in [3.63, 3.8) is 0 Å². The molecule has 0 bridgehead atoms. The second kappa shape index (κ2) is 3.14. The van der Waals surface area contributed by atoms with Gasteiger partial charge in [0.1, 0.15) is 0 Å². The Balaban J connectivity index is 2.64. The van der Waals surface area contributed by atoms with Gasteiger partial charge in [-0.2, -0.15) is 0 Å². The molecular formula is C10H20O. The molecule has 2 atom stereocenters. The minimum absolute atomic E-state index is 0.354. The van der Waals surface area contributed by atoms with Crippen molar-refractivity contribution in [2.24, 2.45) is 17.3 Å². The lowest BCUT2D eigenvalue weighted by molar-refractivity contribution is 0.0284. The smallest absolute Gasteiger partial charge is 0.0464 e. The van der Waals surface area contributed by atoms with E-state index in [1.807, 2.05) is 0 Å². The summed E-state index contributed by atoms with van der Waals surface area (Å²) in [6.45, 7) is 7.26. The zero-order valence-corrected chi connectivity index (χ0v) is 7.93. The first-order valence-corrected chi connectivity index (χ1v) is 4.70. The molecule has 0 spiro atoms. The van der Waals surface area contributed by atoms with Crippen LogP contribution in [0.1, 0.15) is 40.0 Å². The van der Waals surface area contributed by atoms with Gasteiger partial charge in [-0.1, -0.05) is 33.6 Å². The molecule has 1 aliphatic rings. The van der Waals surface area contributed by atoms with E-state index in [-0.39, 0.29) is 0 Å². The average molecular weight is 156 g/mol. The van der Waals surface area contributed by atoms with Gasteiger partial charge in [-0.25, -0.2) is 0 Å². The van der Waals surface area contributed by atoms with Crippen molar-refractivity contribution in [2.75, 3.05) is 6.61 Å². The molecule has 0 saturated heterocycles. The maximum absolute atomic E-state index is 9.14. The normalized spacial score (nSPS) is 37.1. The van der Waals surface area contributed by atoms with Crippen LogP contribution in [0.25, 0.3) is 0 Å². The standard InChI is InChI=1S/C10H20O/c1-8-5-4-6-9(7-11)10(8,2)3/h8-9,11H,4-7H2,1-3H3/t8-,9+/m0/s1. The van der Waals surface area contributed by atoms with Gasteiger partial charge in [-0.05, 0) is 23.7 Å². The highest BCUT2D eigenvalue weighted by molar-refractivity contribution is 4.86. The highest BCUT2D eigenvalue weighted by Crippen LogP contribution is 2.44. The Bertz CT molecular complexity index is 129. The molecule has 0 aromatic heterocycles. The van der Waals surface area contributed by atoms with Gasteiger partial charge >= 0.3 is 0 Å². The van der Waals surface area contributed by atoms with Gasteiger partial charge < -0.3 is 5.11 Å². The predicted octanol–water partition coefficient (Wildman–Crippen LogP) is 2.44. The van der Waals surface area contributed by atoms with Gasteiger partial charge in [0.25, 0.3) is 0 Å². The van der Waals surface area contributed by atoms with Crippen molar-refractivity contribution in [1.82, 2.24) is 0 Å². The number of rotatable bonds is 1. The van der Waals surface area contributed by atoms with Gasteiger partial charge in [-0.3, -0.25) is 0 Å². The summed E-state index contributed by atoms with van der Waals surface area (Å²) in [6, 6.07) is 0. The molecule has 0 amide bonds. The fraction of sp³-hybridized carbons (Fsp3) is 1.00. The average Bonchev–Trinajstić information content (AvgIpc) is 1.95. The first kappa shape index (κ1) is 9.05. The van der Waals surface area contributed by atoms with E-state index in [4.69, 9.17) is 5.11 Å². The number of aliphatic hydroxyl groups excluding tert-OH is 1. The lowest BCUT2D eigenvalue weighted by Crippen LogP contribution is -2.36. The molecule has 1 rings (SSSR count). The number of hydrogen-bond donors (Lipinski definition) is 1. The minimum atomic E-state index is 0.354. The zero-order valence-electron chi connectivity index (χ0n) is 7.93. The second-order valence-corrected chi connectivity index (χ2v) is 4.53. The van der Waals surface area contributed by atoms with Crippen molar-refractivity contribution in [1.29, 1.82) is 0 Å². The third-order valence-corrected chi connectivity index (χ3v) is 3.73. The molecule has 1 heteroatoms. The van der Waals surface area contributed by atoms with E-state index in [2.05, 4.69) is 20.8 Å². The third-order valence-electron chi connectivity index (χ3n) is 3.73. The maximum atomic E-state index is 9.14. The van der Waals surface area contributed by atoms with Crippen molar-refractivity contribution in [2.45, 2.75) is 40.0 Å². The largest absolute Gasteiger partial charge is 0.396 e. The van der Waals surface area contributed by atoms with Gasteiger partial charge in [0.05, 0.1) is 0 Å². The molecule has 1 N–H and O–H groups in total. The molecule has 0 aliphatic heterocycles. The summed E-state index contributed by atoms with van der Waals surface area (Å²) >= 11 is 0. The summed E-state index contributed by atoms with van der Waals surface area (Å²) in [7, 11) is 0. The lowest BCUT2D eigenvalue weighted by atomic mass is 9.63. The van der Waals surface area contributed by atoms with Gasteiger partial charge in [0.15, 0.2) is 0 Å². The van der Waals surface area contributed by atoms with Gasteiger partial charge in [0.2, 0.25) is 0 Å². The van der Waals surface area contributed by atoms with Crippen LogP contribution in [0.5, 0.6) is 0 Å². The summed E-state index contributed by atoms with van der Waals surface area (Å²) in [5.41, 5.74) is 0.354. The van der Waals surface area contributed by atoms with Crippen LogP contribution in [-0.4, -0.2) is 11.7 Å². The summed E-state index contributed by atoms with van der Waals surface area (Å²) in [6.07, 6.45) is 3.85. The van der Waals surface area contributed by atoms with E-state index in [1.54, 1.807) is 0 Å². The molecule has 1 nitrogen and oxygen atoms in total. The Morgan fingerprint density at radius 2 is 2.00 bits per heavy atom. The van der Waals surface area contributed by atoms with Crippen LogP contribution in [0.3, 0.4) is 0 Å². The first-order chi connectivity index (χ1) is 5.09. The highest BCUT2D eigenvalue weighted by Gasteiger charge is 2.36. The maximum Gasteiger partial charge on any atom is 0.0464 e. The Hall–Kier alpha value is -0.0400. The molecule has 0 heterocycles. The van der Waals surface area contributed by atoms with E-state index in [0.29, 0.717) is 17.9 Å². The van der Waals surface area contributed by atoms with Crippen molar-refractivity contribution < 1.29 is 5.11 Å². The van der Waals surface area contributed by atoms with Crippen molar-refractivity contribution in [3.8, 4) is 0 Å². The summed E-state index contributed by atoms with van der Waals surface area (Å²) in [5.74, 6) is 1.31.